The number of aromatic amines is 1. The van der Waals surface area contributed by atoms with Gasteiger partial charge in [0.1, 0.15) is 10.4 Å². The molecule has 1 N–H and O–H groups in total. The molecule has 0 aliphatic rings. The average Bonchev–Trinajstić information content (AvgIpc) is 2.46. The minimum absolute atomic E-state index is 0.709. The van der Waals surface area contributed by atoms with E-state index < -0.39 is 0 Å². The van der Waals surface area contributed by atoms with Crippen LogP contribution in [0.15, 0.2) is 53.0 Å². The quantitative estimate of drug-likeness (QED) is 0.634. The molecule has 0 aliphatic heterocycles. The van der Waals surface area contributed by atoms with Crippen LogP contribution in [-0.2, 0) is 0 Å². The minimum atomic E-state index is 0.709. The summed E-state index contributed by atoms with van der Waals surface area (Å²) < 4.78 is 7.20. The van der Waals surface area contributed by atoms with Gasteiger partial charge < -0.3 is 9.72 Å². The maximum absolute atomic E-state index is 5.48. The van der Waals surface area contributed by atoms with E-state index >= 15 is 0 Å². The molecule has 4 heteroatoms. The highest BCUT2D eigenvalue weighted by Crippen LogP contribution is 2.36. The zero-order valence-electron chi connectivity index (χ0n) is 10.8. The second-order valence-corrected chi connectivity index (χ2v) is 5.79. The van der Waals surface area contributed by atoms with E-state index in [1.54, 1.807) is 7.11 Å². The summed E-state index contributed by atoms with van der Waals surface area (Å²) in [5.41, 5.74) is 3.12. The summed E-state index contributed by atoms with van der Waals surface area (Å²) in [7, 11) is 1.68. The van der Waals surface area contributed by atoms with Crippen LogP contribution in [0.1, 0.15) is 0 Å². The third-order valence-electron chi connectivity index (χ3n) is 3.20. The molecular weight excluding hydrogens is 334 g/mol. The zero-order valence-corrected chi connectivity index (χ0v) is 13.2. The lowest BCUT2D eigenvalue weighted by atomic mass is 10.0. The predicted octanol–water partition coefficient (Wildman–Crippen LogP) is 5.34. The van der Waals surface area contributed by atoms with Crippen molar-refractivity contribution in [3.63, 3.8) is 0 Å². The van der Waals surface area contributed by atoms with E-state index in [0.29, 0.717) is 4.64 Å². The van der Waals surface area contributed by atoms with Crippen molar-refractivity contribution < 1.29 is 4.74 Å². The highest BCUT2D eigenvalue weighted by Gasteiger charge is 2.10. The van der Waals surface area contributed by atoms with E-state index in [0.717, 1.165) is 32.3 Å². The lowest BCUT2D eigenvalue weighted by Gasteiger charge is -2.12. The molecule has 0 unspecified atom stereocenters. The first kappa shape index (κ1) is 13.3. The summed E-state index contributed by atoms with van der Waals surface area (Å²) in [6, 6.07) is 16.1. The molecule has 3 rings (SSSR count). The summed E-state index contributed by atoms with van der Waals surface area (Å²) >= 11 is 8.85. The smallest absolute Gasteiger partial charge is 0.126 e. The Balaban J connectivity index is 2.40. The van der Waals surface area contributed by atoms with Crippen molar-refractivity contribution in [2.75, 3.05) is 7.11 Å². The molecule has 0 spiro atoms. The maximum atomic E-state index is 5.48. The number of nitrogens with one attached hydrogen (secondary N) is 1. The molecule has 0 fully saturated rings. The van der Waals surface area contributed by atoms with E-state index in [4.69, 9.17) is 17.0 Å². The van der Waals surface area contributed by atoms with Crippen LogP contribution in [0.2, 0.25) is 0 Å². The van der Waals surface area contributed by atoms with Gasteiger partial charge in [0.2, 0.25) is 0 Å². The highest BCUT2D eigenvalue weighted by atomic mass is 79.9. The lowest BCUT2D eigenvalue weighted by Crippen LogP contribution is -1.90. The Bertz CT molecular complexity index is 841. The summed E-state index contributed by atoms with van der Waals surface area (Å²) in [5, 5.41) is 1.12. The Kier molecular flexibility index (Phi) is 3.59. The molecule has 2 aromatic carbocycles. The summed E-state index contributed by atoms with van der Waals surface area (Å²) in [6.45, 7) is 0. The normalized spacial score (nSPS) is 10.7. The van der Waals surface area contributed by atoms with E-state index in [1.165, 1.54) is 0 Å². The summed E-state index contributed by atoms with van der Waals surface area (Å²) in [5.74, 6) is 0.832. The number of halogens is 1. The number of benzene rings is 2. The molecule has 0 saturated heterocycles. The van der Waals surface area contributed by atoms with Crippen LogP contribution < -0.4 is 4.74 Å². The third kappa shape index (κ3) is 2.37. The number of fused-ring (bicyclic) bond motifs is 1. The number of pyridine rings is 1. The number of aromatic nitrogens is 1. The Morgan fingerprint density at radius 3 is 2.65 bits per heavy atom. The van der Waals surface area contributed by atoms with Crippen LogP contribution in [0.5, 0.6) is 5.75 Å². The Morgan fingerprint density at radius 2 is 1.85 bits per heavy atom. The Morgan fingerprint density at radius 1 is 1.05 bits per heavy atom. The number of hydrogen-bond donors (Lipinski definition) is 1. The fourth-order valence-electron chi connectivity index (χ4n) is 2.32. The molecular formula is C16H12BrNOS. The number of ether oxygens (including phenoxy) is 1. The van der Waals surface area contributed by atoms with E-state index in [1.807, 2.05) is 36.4 Å². The Hall–Kier alpha value is -1.65. The molecule has 100 valence electrons. The summed E-state index contributed by atoms with van der Waals surface area (Å²) in [6.07, 6.45) is 0. The van der Waals surface area contributed by atoms with Gasteiger partial charge in [-0.15, -0.1) is 0 Å². The topological polar surface area (TPSA) is 25.0 Å². The molecule has 0 radical (unpaired) electrons. The van der Waals surface area contributed by atoms with Gasteiger partial charge in [0.25, 0.3) is 0 Å². The number of H-pyrrole nitrogens is 1. The monoisotopic (exact) mass is 345 g/mol. The second-order valence-electron chi connectivity index (χ2n) is 4.44. The van der Waals surface area contributed by atoms with E-state index in [-0.39, 0.29) is 0 Å². The van der Waals surface area contributed by atoms with Gasteiger partial charge in [0.15, 0.2) is 0 Å². The first-order valence-electron chi connectivity index (χ1n) is 6.15. The lowest BCUT2D eigenvalue weighted by molar-refractivity contribution is 0.416. The number of rotatable bonds is 2. The van der Waals surface area contributed by atoms with Crippen molar-refractivity contribution >= 4 is 39.1 Å². The largest absolute Gasteiger partial charge is 0.496 e. The molecule has 2 nitrogen and oxygen atoms in total. The van der Waals surface area contributed by atoms with Gasteiger partial charge in [-0.3, -0.25) is 0 Å². The van der Waals surface area contributed by atoms with Crippen molar-refractivity contribution in [1.82, 2.24) is 4.98 Å². The van der Waals surface area contributed by atoms with Gasteiger partial charge in [0.05, 0.1) is 7.11 Å². The number of para-hydroxylation sites is 1. The van der Waals surface area contributed by atoms with Crippen LogP contribution in [0, 0.1) is 4.64 Å². The highest BCUT2D eigenvalue weighted by molar-refractivity contribution is 9.10. The van der Waals surface area contributed by atoms with Gasteiger partial charge in [0, 0.05) is 20.9 Å². The molecule has 0 amide bonds. The van der Waals surface area contributed by atoms with Crippen LogP contribution in [0.25, 0.3) is 22.0 Å². The van der Waals surface area contributed by atoms with Gasteiger partial charge in [-0.2, -0.15) is 0 Å². The van der Waals surface area contributed by atoms with E-state index in [9.17, 15) is 0 Å². The van der Waals surface area contributed by atoms with Crippen LogP contribution in [0.3, 0.4) is 0 Å². The van der Waals surface area contributed by atoms with Crippen molar-refractivity contribution in [1.29, 1.82) is 0 Å². The van der Waals surface area contributed by atoms with E-state index in [2.05, 4.69) is 33.0 Å². The molecule has 20 heavy (non-hydrogen) atoms. The van der Waals surface area contributed by atoms with Gasteiger partial charge in [-0.1, -0.05) is 46.3 Å². The molecule has 3 aromatic rings. The van der Waals surface area contributed by atoms with Gasteiger partial charge >= 0.3 is 0 Å². The number of methoxy groups -OCH3 is 1. The minimum Gasteiger partial charge on any atom is -0.496 e. The van der Waals surface area contributed by atoms with Crippen molar-refractivity contribution in [2.24, 2.45) is 0 Å². The first-order valence-corrected chi connectivity index (χ1v) is 7.35. The van der Waals surface area contributed by atoms with Crippen molar-refractivity contribution in [3.05, 3.63) is 57.6 Å². The standard InChI is InChI=1S/C16H12BrNOS/c1-19-15-7-6-10(17)8-13(15)12-9-16(20)18-14-5-3-2-4-11(12)14/h2-9H,1H3,(H,18,20). The van der Waals surface area contributed by atoms with Crippen molar-refractivity contribution in [2.45, 2.75) is 0 Å². The van der Waals surface area contributed by atoms with Crippen LogP contribution >= 0.6 is 28.1 Å². The zero-order chi connectivity index (χ0) is 14.1. The first-order chi connectivity index (χ1) is 9.69. The van der Waals surface area contributed by atoms with Crippen LogP contribution in [0.4, 0.5) is 0 Å². The molecule has 1 aromatic heterocycles. The van der Waals surface area contributed by atoms with Crippen molar-refractivity contribution in [3.8, 4) is 16.9 Å². The van der Waals surface area contributed by atoms with Gasteiger partial charge in [-0.05, 0) is 35.9 Å². The maximum Gasteiger partial charge on any atom is 0.126 e. The number of hydrogen-bond acceptors (Lipinski definition) is 2. The fourth-order valence-corrected chi connectivity index (χ4v) is 2.91. The molecule has 1 heterocycles. The summed E-state index contributed by atoms with van der Waals surface area (Å²) in [4.78, 5) is 3.21. The second kappa shape index (κ2) is 5.38. The SMILES string of the molecule is COc1ccc(Br)cc1-c1cc(=S)[nH]c2ccccc12. The predicted molar refractivity (Wildman–Crippen MR) is 88.8 cm³/mol. The average molecular weight is 346 g/mol. The molecule has 0 bridgehead atoms. The van der Waals surface area contributed by atoms with Crippen LogP contribution in [-0.4, -0.2) is 12.1 Å². The molecule has 0 saturated carbocycles. The van der Waals surface area contributed by atoms with Gasteiger partial charge in [-0.25, -0.2) is 0 Å². The third-order valence-corrected chi connectivity index (χ3v) is 3.92. The fraction of sp³-hybridized carbons (Fsp3) is 0.0625. The Labute approximate surface area is 130 Å². The molecule has 0 atom stereocenters. The molecule has 0 aliphatic carbocycles.